The fourth-order valence-electron chi connectivity index (χ4n) is 3.35. The first-order chi connectivity index (χ1) is 18.9. The highest BCUT2D eigenvalue weighted by Crippen LogP contribution is 2.23. The summed E-state index contributed by atoms with van der Waals surface area (Å²) in [4.78, 5) is 39.2. The summed E-state index contributed by atoms with van der Waals surface area (Å²) in [7, 11) is 1.56. The van der Waals surface area contributed by atoms with Gasteiger partial charge in [-0.2, -0.15) is 0 Å². The number of thioether (sulfide) groups is 1. The summed E-state index contributed by atoms with van der Waals surface area (Å²) in [5, 5.41) is 17.3. The van der Waals surface area contributed by atoms with Gasteiger partial charge < -0.3 is 15.4 Å². The van der Waals surface area contributed by atoms with E-state index in [1.165, 1.54) is 23.1 Å². The molecule has 0 radical (unpaired) electrons. The first-order valence-corrected chi connectivity index (χ1v) is 13.6. The zero-order valence-corrected chi connectivity index (χ0v) is 22.8. The minimum Gasteiger partial charge on any atom is -0.497 e. The van der Waals surface area contributed by atoms with E-state index in [1.54, 1.807) is 79.9 Å². The fourth-order valence-corrected chi connectivity index (χ4v) is 4.72. The van der Waals surface area contributed by atoms with E-state index in [1.807, 2.05) is 19.1 Å². The zero-order chi connectivity index (χ0) is 27.6. The fraction of sp³-hybridized carbons (Fsp3) is 0.107. The summed E-state index contributed by atoms with van der Waals surface area (Å²) in [5.74, 6) is -0.357. The lowest BCUT2D eigenvalue weighted by atomic mass is 10.1. The monoisotopic (exact) mass is 559 g/mol. The number of methoxy groups -OCH3 is 1. The van der Waals surface area contributed by atoms with E-state index < -0.39 is 11.8 Å². The van der Waals surface area contributed by atoms with Gasteiger partial charge in [0.15, 0.2) is 0 Å². The van der Waals surface area contributed by atoms with E-state index in [0.29, 0.717) is 27.7 Å². The first kappa shape index (κ1) is 27.6. The summed E-state index contributed by atoms with van der Waals surface area (Å²) in [5.41, 5.74) is 1.66. The van der Waals surface area contributed by atoms with Crippen LogP contribution in [0.4, 0.5) is 10.8 Å². The van der Waals surface area contributed by atoms with E-state index in [-0.39, 0.29) is 17.4 Å². The Morgan fingerprint density at radius 3 is 2.49 bits per heavy atom. The Balaban J connectivity index is 1.47. The van der Waals surface area contributed by atoms with Crippen molar-refractivity contribution in [2.75, 3.05) is 23.5 Å². The number of nitrogens with zero attached hydrogens (tertiary/aromatic N) is 2. The van der Waals surface area contributed by atoms with Crippen molar-refractivity contribution in [1.29, 1.82) is 0 Å². The maximum atomic E-state index is 13.3. The maximum Gasteiger partial charge on any atom is 0.272 e. The molecule has 198 valence electrons. The third kappa shape index (κ3) is 8.25. The lowest BCUT2D eigenvalue weighted by Gasteiger charge is -2.12. The van der Waals surface area contributed by atoms with Crippen molar-refractivity contribution >= 4 is 57.7 Å². The number of carbonyl (C=O) groups is 3. The Kier molecular flexibility index (Phi) is 9.44. The van der Waals surface area contributed by atoms with Crippen molar-refractivity contribution < 1.29 is 19.1 Å². The highest BCUT2D eigenvalue weighted by molar-refractivity contribution is 8.00. The van der Waals surface area contributed by atoms with Crippen LogP contribution >= 0.6 is 23.1 Å². The van der Waals surface area contributed by atoms with Crippen molar-refractivity contribution in [1.82, 2.24) is 15.5 Å². The van der Waals surface area contributed by atoms with Gasteiger partial charge in [0.05, 0.1) is 12.9 Å². The van der Waals surface area contributed by atoms with Crippen LogP contribution in [0.15, 0.2) is 89.5 Å². The number of aromatic nitrogens is 2. The van der Waals surface area contributed by atoms with Crippen molar-refractivity contribution in [2.45, 2.75) is 11.8 Å². The first-order valence-electron chi connectivity index (χ1n) is 11.8. The number of aryl methyl sites for hydroxylation is 1. The standard InChI is InChI=1S/C28H25N5O4S2/c1-18-32-33-28(39-18)31-25(34)17-38-23-13-7-11-21(16-23)29-27(36)24(15-19-8-6-12-22(14-19)37-2)30-26(35)20-9-4-3-5-10-20/h3-16H,17H2,1-2H3,(H,29,36)(H,30,35)(H,31,33,34)/b24-15-. The Morgan fingerprint density at radius 2 is 1.74 bits per heavy atom. The molecule has 4 aromatic rings. The summed E-state index contributed by atoms with van der Waals surface area (Å²) >= 11 is 2.62. The number of amides is 3. The third-order valence-electron chi connectivity index (χ3n) is 5.17. The van der Waals surface area contributed by atoms with Gasteiger partial charge in [-0.15, -0.1) is 22.0 Å². The molecule has 0 atom stereocenters. The molecule has 3 N–H and O–H groups in total. The van der Waals surface area contributed by atoms with E-state index in [0.717, 1.165) is 9.90 Å². The Labute approximate surface area is 233 Å². The highest BCUT2D eigenvalue weighted by atomic mass is 32.2. The van der Waals surface area contributed by atoms with Crippen LogP contribution in [-0.2, 0) is 9.59 Å². The number of benzene rings is 3. The van der Waals surface area contributed by atoms with Crippen LogP contribution < -0.4 is 20.7 Å². The molecule has 0 unspecified atom stereocenters. The number of hydrogen-bond acceptors (Lipinski definition) is 8. The molecule has 4 rings (SSSR count). The van der Waals surface area contributed by atoms with Crippen LogP contribution in [0.1, 0.15) is 20.9 Å². The minimum atomic E-state index is -0.506. The predicted molar refractivity (Wildman–Crippen MR) is 154 cm³/mol. The van der Waals surface area contributed by atoms with Gasteiger partial charge in [-0.1, -0.05) is 47.7 Å². The molecule has 9 nitrogen and oxygen atoms in total. The largest absolute Gasteiger partial charge is 0.497 e. The van der Waals surface area contributed by atoms with Gasteiger partial charge in [-0.3, -0.25) is 19.7 Å². The molecule has 0 fully saturated rings. The average molecular weight is 560 g/mol. The van der Waals surface area contributed by atoms with Crippen molar-refractivity contribution in [3.63, 3.8) is 0 Å². The van der Waals surface area contributed by atoms with E-state index >= 15 is 0 Å². The normalized spacial score (nSPS) is 11.0. The maximum absolute atomic E-state index is 13.3. The van der Waals surface area contributed by atoms with Gasteiger partial charge in [-0.25, -0.2) is 0 Å². The number of anilines is 2. The second-order valence-electron chi connectivity index (χ2n) is 8.10. The molecule has 0 aliphatic carbocycles. The van der Waals surface area contributed by atoms with Crippen molar-refractivity contribution in [2.24, 2.45) is 0 Å². The topological polar surface area (TPSA) is 122 Å². The molecule has 1 heterocycles. The second kappa shape index (κ2) is 13.4. The molecule has 0 aliphatic heterocycles. The molecular formula is C28H25N5O4S2. The number of ether oxygens (including phenoxy) is 1. The highest BCUT2D eigenvalue weighted by Gasteiger charge is 2.16. The van der Waals surface area contributed by atoms with E-state index in [2.05, 4.69) is 26.1 Å². The molecule has 39 heavy (non-hydrogen) atoms. The Bertz CT molecular complexity index is 1500. The van der Waals surface area contributed by atoms with Crippen LogP contribution in [0.2, 0.25) is 0 Å². The quantitative estimate of drug-likeness (QED) is 0.185. The van der Waals surface area contributed by atoms with E-state index in [9.17, 15) is 14.4 Å². The molecule has 0 saturated heterocycles. The number of hydrogen-bond donors (Lipinski definition) is 3. The summed E-state index contributed by atoms with van der Waals surface area (Å²) in [6, 6.07) is 22.9. The minimum absolute atomic E-state index is 0.0573. The van der Waals surface area contributed by atoms with Crippen LogP contribution in [0, 0.1) is 6.92 Å². The third-order valence-corrected chi connectivity index (χ3v) is 6.92. The molecule has 11 heteroatoms. The van der Waals surface area contributed by atoms with Crippen LogP contribution in [0.5, 0.6) is 5.75 Å². The Hall–Kier alpha value is -4.48. The molecule has 0 bridgehead atoms. The molecule has 3 amide bonds. The van der Waals surface area contributed by atoms with Crippen LogP contribution in [-0.4, -0.2) is 40.8 Å². The summed E-state index contributed by atoms with van der Waals surface area (Å²) in [6.45, 7) is 1.81. The molecule has 0 spiro atoms. The average Bonchev–Trinajstić information content (AvgIpc) is 3.36. The lowest BCUT2D eigenvalue weighted by Crippen LogP contribution is -2.30. The summed E-state index contributed by atoms with van der Waals surface area (Å²) in [6.07, 6.45) is 1.58. The summed E-state index contributed by atoms with van der Waals surface area (Å²) < 4.78 is 5.28. The van der Waals surface area contributed by atoms with Gasteiger partial charge in [0.1, 0.15) is 16.5 Å². The van der Waals surface area contributed by atoms with Crippen LogP contribution in [0.25, 0.3) is 6.08 Å². The second-order valence-corrected chi connectivity index (χ2v) is 10.3. The molecule has 1 aromatic heterocycles. The molecule has 0 saturated carbocycles. The van der Waals surface area contributed by atoms with Gasteiger partial charge in [0, 0.05) is 16.1 Å². The predicted octanol–water partition coefficient (Wildman–Crippen LogP) is 5.00. The smallest absolute Gasteiger partial charge is 0.272 e. The number of nitrogens with one attached hydrogen (secondary N) is 3. The van der Waals surface area contributed by atoms with Gasteiger partial charge in [0.25, 0.3) is 11.8 Å². The lowest BCUT2D eigenvalue weighted by molar-refractivity contribution is -0.114. The van der Waals surface area contributed by atoms with Gasteiger partial charge in [-0.05, 0) is 61.0 Å². The zero-order valence-electron chi connectivity index (χ0n) is 21.1. The Morgan fingerprint density at radius 1 is 0.949 bits per heavy atom. The SMILES string of the molecule is COc1cccc(/C=C(\NC(=O)c2ccccc2)C(=O)Nc2cccc(SCC(=O)Nc3nnc(C)s3)c2)c1. The van der Waals surface area contributed by atoms with Crippen LogP contribution in [0.3, 0.4) is 0 Å². The molecule has 0 aliphatic rings. The molecular weight excluding hydrogens is 534 g/mol. The number of rotatable bonds is 10. The number of carbonyl (C=O) groups excluding carboxylic acids is 3. The molecule has 3 aromatic carbocycles. The van der Waals surface area contributed by atoms with Gasteiger partial charge in [0.2, 0.25) is 11.0 Å². The van der Waals surface area contributed by atoms with Crippen molar-refractivity contribution in [3.8, 4) is 5.75 Å². The van der Waals surface area contributed by atoms with Crippen molar-refractivity contribution in [3.05, 3.63) is 101 Å². The van der Waals surface area contributed by atoms with E-state index in [4.69, 9.17) is 4.74 Å². The van der Waals surface area contributed by atoms with Gasteiger partial charge >= 0.3 is 0 Å².